The molecule has 0 aliphatic heterocycles. The number of alkyl halides is 1. The second-order valence-electron chi connectivity index (χ2n) is 4.29. The lowest BCUT2D eigenvalue weighted by atomic mass is 10.1. The molecule has 0 bridgehead atoms. The van der Waals surface area contributed by atoms with Crippen molar-refractivity contribution in [3.05, 3.63) is 56.5 Å². The maximum absolute atomic E-state index is 13.9. The first-order valence-electron chi connectivity index (χ1n) is 5.46. The van der Waals surface area contributed by atoms with Crippen molar-refractivity contribution >= 4 is 27.3 Å². The van der Waals surface area contributed by atoms with Crippen LogP contribution in [0, 0.1) is 26.6 Å². The number of halogens is 2. The second kappa shape index (κ2) is 4.91. The molecule has 2 aromatic rings. The Morgan fingerprint density at radius 1 is 1.18 bits per heavy atom. The van der Waals surface area contributed by atoms with Crippen LogP contribution in [-0.2, 0) is 0 Å². The van der Waals surface area contributed by atoms with Crippen LogP contribution in [0.25, 0.3) is 0 Å². The van der Waals surface area contributed by atoms with Gasteiger partial charge in [0.05, 0.1) is 4.83 Å². The van der Waals surface area contributed by atoms with Crippen LogP contribution in [0.5, 0.6) is 0 Å². The van der Waals surface area contributed by atoms with E-state index < -0.39 is 0 Å². The zero-order chi connectivity index (χ0) is 12.6. The minimum absolute atomic E-state index is 0.0539. The molecule has 0 nitrogen and oxygen atoms in total. The molecule has 90 valence electrons. The summed E-state index contributed by atoms with van der Waals surface area (Å²) in [6, 6.07) is 7.53. The van der Waals surface area contributed by atoms with E-state index in [-0.39, 0.29) is 10.6 Å². The van der Waals surface area contributed by atoms with E-state index in [1.165, 1.54) is 15.3 Å². The van der Waals surface area contributed by atoms with Gasteiger partial charge in [0.2, 0.25) is 0 Å². The van der Waals surface area contributed by atoms with Gasteiger partial charge in [0, 0.05) is 15.3 Å². The fraction of sp³-hybridized carbons (Fsp3) is 0.286. The van der Waals surface area contributed by atoms with Crippen LogP contribution in [0.2, 0.25) is 0 Å². The third-order valence-corrected chi connectivity index (χ3v) is 5.21. The molecule has 2 rings (SSSR count). The first-order valence-corrected chi connectivity index (χ1v) is 7.19. The van der Waals surface area contributed by atoms with Gasteiger partial charge >= 0.3 is 0 Å². The average molecular weight is 313 g/mol. The van der Waals surface area contributed by atoms with Crippen molar-refractivity contribution in [2.24, 2.45) is 0 Å². The lowest BCUT2D eigenvalue weighted by Gasteiger charge is -2.11. The molecule has 0 aliphatic rings. The Labute approximate surface area is 114 Å². The van der Waals surface area contributed by atoms with E-state index in [4.69, 9.17) is 0 Å². The first-order chi connectivity index (χ1) is 7.99. The van der Waals surface area contributed by atoms with Crippen LogP contribution in [0.1, 0.15) is 31.3 Å². The number of aryl methyl sites for hydroxylation is 3. The number of hydrogen-bond acceptors (Lipinski definition) is 1. The molecule has 1 atom stereocenters. The number of thiophene rings is 1. The molecule has 1 unspecified atom stereocenters. The molecule has 17 heavy (non-hydrogen) atoms. The van der Waals surface area contributed by atoms with Gasteiger partial charge in [0.15, 0.2) is 0 Å². The van der Waals surface area contributed by atoms with Crippen LogP contribution in [-0.4, -0.2) is 0 Å². The molecule has 0 fully saturated rings. The third kappa shape index (κ3) is 2.61. The maximum atomic E-state index is 13.9. The molecule has 1 aromatic heterocycles. The molecule has 0 spiro atoms. The molecule has 1 aromatic carbocycles. The Balaban J connectivity index is 2.43. The SMILES string of the molecule is Cc1ccc(C(Br)c2sc(C)cc2C)c(F)c1. The first kappa shape index (κ1) is 12.8. The van der Waals surface area contributed by atoms with E-state index in [9.17, 15) is 4.39 Å². The number of rotatable bonds is 2. The van der Waals surface area contributed by atoms with E-state index in [2.05, 4.69) is 35.8 Å². The Kier molecular flexibility index (Phi) is 3.69. The molecular formula is C14H14BrFS. The number of benzene rings is 1. The Morgan fingerprint density at radius 2 is 1.88 bits per heavy atom. The Morgan fingerprint density at radius 3 is 2.41 bits per heavy atom. The summed E-state index contributed by atoms with van der Waals surface area (Å²) in [5.74, 6) is -0.141. The summed E-state index contributed by atoms with van der Waals surface area (Å²) in [7, 11) is 0. The second-order valence-corrected chi connectivity index (χ2v) is 6.50. The van der Waals surface area contributed by atoms with Gasteiger partial charge < -0.3 is 0 Å². The van der Waals surface area contributed by atoms with Gasteiger partial charge in [0.1, 0.15) is 5.82 Å². The van der Waals surface area contributed by atoms with Crippen molar-refractivity contribution in [3.63, 3.8) is 0 Å². The van der Waals surface area contributed by atoms with Crippen LogP contribution in [0.3, 0.4) is 0 Å². The van der Waals surface area contributed by atoms with Gasteiger partial charge in [-0.05, 0) is 44.0 Å². The monoisotopic (exact) mass is 312 g/mol. The van der Waals surface area contributed by atoms with Gasteiger partial charge in [-0.2, -0.15) is 0 Å². The van der Waals surface area contributed by atoms with Crippen molar-refractivity contribution in [3.8, 4) is 0 Å². The van der Waals surface area contributed by atoms with Crippen LogP contribution in [0.4, 0.5) is 4.39 Å². The summed E-state index contributed by atoms with van der Waals surface area (Å²) in [5.41, 5.74) is 2.87. The quantitative estimate of drug-likeness (QED) is 0.660. The van der Waals surface area contributed by atoms with Gasteiger partial charge in [-0.3, -0.25) is 0 Å². The molecule has 0 radical (unpaired) electrons. The van der Waals surface area contributed by atoms with E-state index in [1.807, 2.05) is 19.1 Å². The van der Waals surface area contributed by atoms with E-state index in [0.717, 1.165) is 5.56 Å². The molecule has 0 saturated heterocycles. The molecule has 0 amide bonds. The molecular weight excluding hydrogens is 299 g/mol. The highest BCUT2D eigenvalue weighted by Crippen LogP contribution is 2.38. The Bertz CT molecular complexity index is 545. The standard InChI is InChI=1S/C14H14BrFS/c1-8-4-5-11(12(16)6-8)13(15)14-9(2)7-10(3)17-14/h4-7,13H,1-3H3. The zero-order valence-corrected chi connectivity index (χ0v) is 12.5. The molecule has 1 heterocycles. The van der Waals surface area contributed by atoms with Gasteiger partial charge in [-0.25, -0.2) is 4.39 Å². The van der Waals surface area contributed by atoms with Crippen LogP contribution >= 0.6 is 27.3 Å². The van der Waals surface area contributed by atoms with E-state index >= 15 is 0 Å². The number of hydrogen-bond donors (Lipinski definition) is 0. The van der Waals surface area contributed by atoms with Crippen LogP contribution in [0.15, 0.2) is 24.3 Å². The van der Waals surface area contributed by atoms with E-state index in [1.54, 1.807) is 17.4 Å². The smallest absolute Gasteiger partial charge is 0.128 e. The largest absolute Gasteiger partial charge is 0.207 e. The fourth-order valence-corrected chi connectivity index (χ4v) is 3.94. The maximum Gasteiger partial charge on any atom is 0.128 e. The minimum atomic E-state index is -0.141. The van der Waals surface area contributed by atoms with Crippen molar-refractivity contribution in [2.45, 2.75) is 25.6 Å². The van der Waals surface area contributed by atoms with E-state index in [0.29, 0.717) is 5.56 Å². The molecule has 0 N–H and O–H groups in total. The van der Waals surface area contributed by atoms with Crippen molar-refractivity contribution in [1.29, 1.82) is 0 Å². The molecule has 0 aliphatic carbocycles. The minimum Gasteiger partial charge on any atom is -0.207 e. The molecule has 0 saturated carbocycles. The van der Waals surface area contributed by atoms with Gasteiger partial charge in [-0.1, -0.05) is 28.1 Å². The average Bonchev–Trinajstić information content (AvgIpc) is 2.57. The van der Waals surface area contributed by atoms with Crippen molar-refractivity contribution < 1.29 is 4.39 Å². The normalized spacial score (nSPS) is 12.8. The summed E-state index contributed by atoms with van der Waals surface area (Å²) in [4.78, 5) is 2.39. The third-order valence-electron chi connectivity index (χ3n) is 2.74. The van der Waals surface area contributed by atoms with Gasteiger partial charge in [0.25, 0.3) is 0 Å². The summed E-state index contributed by atoms with van der Waals surface area (Å²) in [6.07, 6.45) is 0. The highest BCUT2D eigenvalue weighted by molar-refractivity contribution is 9.09. The highest BCUT2D eigenvalue weighted by atomic mass is 79.9. The predicted octanol–water partition coefficient (Wildman–Crippen LogP) is 5.30. The summed E-state index contributed by atoms with van der Waals surface area (Å²) in [5, 5.41) is 0. The predicted molar refractivity (Wildman–Crippen MR) is 75.7 cm³/mol. The summed E-state index contributed by atoms with van der Waals surface area (Å²) in [6.45, 7) is 6.04. The highest BCUT2D eigenvalue weighted by Gasteiger charge is 2.18. The fourth-order valence-electron chi connectivity index (χ4n) is 1.89. The lowest BCUT2D eigenvalue weighted by molar-refractivity contribution is 0.612. The summed E-state index contributed by atoms with van der Waals surface area (Å²) < 4.78 is 13.9. The lowest BCUT2D eigenvalue weighted by Crippen LogP contribution is -1.96. The van der Waals surface area contributed by atoms with Gasteiger partial charge in [-0.15, -0.1) is 11.3 Å². The molecule has 3 heteroatoms. The Hall–Kier alpha value is -0.670. The van der Waals surface area contributed by atoms with Crippen molar-refractivity contribution in [2.75, 3.05) is 0 Å². The summed E-state index contributed by atoms with van der Waals surface area (Å²) >= 11 is 5.32. The topological polar surface area (TPSA) is 0 Å². The van der Waals surface area contributed by atoms with Crippen molar-refractivity contribution in [1.82, 2.24) is 0 Å². The van der Waals surface area contributed by atoms with Crippen LogP contribution < -0.4 is 0 Å². The zero-order valence-electron chi connectivity index (χ0n) is 10.1.